The van der Waals surface area contributed by atoms with Crippen LogP contribution in [0.1, 0.15) is 43.3 Å². The predicted molar refractivity (Wildman–Crippen MR) is 102 cm³/mol. The average Bonchev–Trinajstić information content (AvgIpc) is 3.07. The van der Waals surface area contributed by atoms with E-state index in [4.69, 9.17) is 4.42 Å². The van der Waals surface area contributed by atoms with Gasteiger partial charge in [-0.05, 0) is 55.7 Å². The van der Waals surface area contributed by atoms with Crippen LogP contribution < -0.4 is 10.6 Å². The molecule has 2 heterocycles. The minimum atomic E-state index is -0.701. The summed E-state index contributed by atoms with van der Waals surface area (Å²) in [6, 6.07) is 10.8. The van der Waals surface area contributed by atoms with Gasteiger partial charge in [-0.1, -0.05) is 19.1 Å². The number of carbonyl (C=O) groups is 3. The molecule has 1 saturated heterocycles. The van der Waals surface area contributed by atoms with E-state index in [2.05, 4.69) is 10.6 Å². The summed E-state index contributed by atoms with van der Waals surface area (Å²) in [7, 11) is 0. The van der Waals surface area contributed by atoms with Crippen molar-refractivity contribution in [3.63, 3.8) is 0 Å². The Kier molecular flexibility index (Phi) is 5.26. The zero-order valence-corrected chi connectivity index (χ0v) is 15.4. The van der Waals surface area contributed by atoms with E-state index in [1.807, 2.05) is 32.0 Å². The number of hydrogen-bond acceptors (Lipinski definition) is 4. The number of furan rings is 1. The molecule has 0 spiro atoms. The number of benzene rings is 1. The van der Waals surface area contributed by atoms with Gasteiger partial charge < -0.3 is 9.73 Å². The molecule has 2 N–H and O–H groups in total. The highest BCUT2D eigenvalue weighted by molar-refractivity contribution is 6.04. The number of anilines is 1. The highest BCUT2D eigenvalue weighted by Crippen LogP contribution is 2.36. The van der Waals surface area contributed by atoms with Crippen LogP contribution in [0.25, 0.3) is 6.08 Å². The largest absolute Gasteiger partial charge is 0.462 e. The van der Waals surface area contributed by atoms with Crippen molar-refractivity contribution in [3.05, 3.63) is 59.6 Å². The number of imide groups is 1. The summed E-state index contributed by atoms with van der Waals surface area (Å²) in [6.07, 6.45) is 4.43. The second-order valence-corrected chi connectivity index (χ2v) is 6.66. The van der Waals surface area contributed by atoms with Gasteiger partial charge in [-0.25, -0.2) is 0 Å². The Morgan fingerprint density at radius 3 is 2.56 bits per heavy atom. The molecule has 1 aromatic heterocycles. The lowest BCUT2D eigenvalue weighted by molar-refractivity contribution is -0.138. The van der Waals surface area contributed by atoms with Gasteiger partial charge >= 0.3 is 0 Å². The van der Waals surface area contributed by atoms with Gasteiger partial charge in [0.25, 0.3) is 0 Å². The molecule has 3 amide bonds. The van der Waals surface area contributed by atoms with Crippen molar-refractivity contribution in [1.82, 2.24) is 5.32 Å². The Morgan fingerprint density at radius 1 is 1.22 bits per heavy atom. The van der Waals surface area contributed by atoms with E-state index in [0.29, 0.717) is 30.7 Å². The maximum Gasteiger partial charge on any atom is 0.248 e. The topological polar surface area (TPSA) is 88.4 Å². The van der Waals surface area contributed by atoms with Gasteiger partial charge in [-0.15, -0.1) is 0 Å². The molecule has 1 fully saturated rings. The summed E-state index contributed by atoms with van der Waals surface area (Å²) in [6.45, 7) is 3.77. The molecule has 0 radical (unpaired) electrons. The number of amides is 3. The van der Waals surface area contributed by atoms with Crippen LogP contribution in [0.4, 0.5) is 5.69 Å². The molecule has 1 aliphatic heterocycles. The van der Waals surface area contributed by atoms with E-state index in [-0.39, 0.29) is 17.7 Å². The fourth-order valence-electron chi connectivity index (χ4n) is 3.32. The van der Waals surface area contributed by atoms with Gasteiger partial charge in [0.1, 0.15) is 11.5 Å². The van der Waals surface area contributed by atoms with E-state index in [9.17, 15) is 14.4 Å². The molecule has 0 saturated carbocycles. The molecule has 1 aliphatic rings. The van der Waals surface area contributed by atoms with Crippen LogP contribution in [0.3, 0.4) is 0 Å². The van der Waals surface area contributed by atoms with Crippen LogP contribution in [0.5, 0.6) is 0 Å². The standard InChI is InChI=1S/C21H22N2O4/c1-3-21(13-12-19(25)23-20(21)26)15-5-7-16(8-6-15)22-18(24)11-10-17-9-4-14(2)27-17/h4-11H,3,12-13H2,1-2H3,(H,22,24)(H,23,25,26). The molecule has 6 nitrogen and oxygen atoms in total. The first-order chi connectivity index (χ1) is 12.9. The Balaban J connectivity index is 1.69. The molecule has 3 rings (SSSR count). The fourth-order valence-corrected chi connectivity index (χ4v) is 3.32. The van der Waals surface area contributed by atoms with Gasteiger partial charge in [0, 0.05) is 18.2 Å². The predicted octanol–water partition coefficient (Wildman–Crippen LogP) is 3.32. The first kappa shape index (κ1) is 18.6. The first-order valence-electron chi connectivity index (χ1n) is 8.93. The smallest absolute Gasteiger partial charge is 0.248 e. The van der Waals surface area contributed by atoms with Crippen molar-refractivity contribution in [1.29, 1.82) is 0 Å². The number of hydrogen-bond donors (Lipinski definition) is 2. The van der Waals surface area contributed by atoms with Gasteiger partial charge in [-0.3, -0.25) is 19.7 Å². The number of carbonyl (C=O) groups excluding carboxylic acids is 3. The average molecular weight is 366 g/mol. The van der Waals surface area contributed by atoms with Gasteiger partial charge in [-0.2, -0.15) is 0 Å². The second-order valence-electron chi connectivity index (χ2n) is 6.66. The molecule has 27 heavy (non-hydrogen) atoms. The number of piperidine rings is 1. The molecular formula is C21H22N2O4. The minimum absolute atomic E-state index is 0.230. The summed E-state index contributed by atoms with van der Waals surface area (Å²) < 4.78 is 5.38. The summed E-state index contributed by atoms with van der Waals surface area (Å²) >= 11 is 0. The Labute approximate surface area is 157 Å². The molecule has 0 aliphatic carbocycles. The van der Waals surface area contributed by atoms with E-state index < -0.39 is 5.41 Å². The van der Waals surface area contributed by atoms with E-state index in [1.54, 1.807) is 24.3 Å². The molecule has 1 unspecified atom stereocenters. The van der Waals surface area contributed by atoms with E-state index in [0.717, 1.165) is 11.3 Å². The van der Waals surface area contributed by atoms with Crippen molar-refractivity contribution in [2.75, 3.05) is 5.32 Å². The lowest BCUT2D eigenvalue weighted by atomic mass is 9.72. The first-order valence-corrected chi connectivity index (χ1v) is 8.93. The van der Waals surface area contributed by atoms with Crippen molar-refractivity contribution >= 4 is 29.5 Å². The van der Waals surface area contributed by atoms with Crippen molar-refractivity contribution in [2.45, 2.75) is 38.5 Å². The highest BCUT2D eigenvalue weighted by Gasteiger charge is 2.42. The number of rotatable bonds is 5. The van der Waals surface area contributed by atoms with Crippen LogP contribution in [0.2, 0.25) is 0 Å². The normalized spacial score (nSPS) is 19.9. The third kappa shape index (κ3) is 4.00. The van der Waals surface area contributed by atoms with Gasteiger partial charge in [0.05, 0.1) is 5.41 Å². The van der Waals surface area contributed by atoms with Crippen LogP contribution in [-0.4, -0.2) is 17.7 Å². The molecule has 0 bridgehead atoms. The third-order valence-electron chi connectivity index (χ3n) is 4.94. The summed E-state index contributed by atoms with van der Waals surface area (Å²) in [5.74, 6) is 0.633. The molecule has 1 atom stereocenters. The molecule has 2 aromatic rings. The maximum absolute atomic E-state index is 12.4. The summed E-state index contributed by atoms with van der Waals surface area (Å²) in [4.78, 5) is 35.9. The van der Waals surface area contributed by atoms with E-state index in [1.165, 1.54) is 6.08 Å². The molecule has 140 valence electrons. The number of nitrogens with one attached hydrogen (secondary N) is 2. The number of aryl methyl sites for hydroxylation is 1. The highest BCUT2D eigenvalue weighted by atomic mass is 16.3. The van der Waals surface area contributed by atoms with Crippen LogP contribution in [0.15, 0.2) is 46.9 Å². The van der Waals surface area contributed by atoms with E-state index >= 15 is 0 Å². The zero-order valence-electron chi connectivity index (χ0n) is 15.4. The fraction of sp³-hybridized carbons (Fsp3) is 0.286. The lowest BCUT2D eigenvalue weighted by Crippen LogP contribution is -2.51. The molecular weight excluding hydrogens is 344 g/mol. The monoisotopic (exact) mass is 366 g/mol. The molecule has 6 heteroatoms. The second kappa shape index (κ2) is 7.61. The summed E-state index contributed by atoms with van der Waals surface area (Å²) in [5, 5.41) is 5.21. The van der Waals surface area contributed by atoms with Crippen LogP contribution in [0, 0.1) is 6.92 Å². The van der Waals surface area contributed by atoms with Crippen LogP contribution in [-0.2, 0) is 19.8 Å². The minimum Gasteiger partial charge on any atom is -0.462 e. The van der Waals surface area contributed by atoms with Crippen molar-refractivity contribution < 1.29 is 18.8 Å². The van der Waals surface area contributed by atoms with Crippen molar-refractivity contribution in [2.24, 2.45) is 0 Å². The van der Waals surface area contributed by atoms with Gasteiger partial charge in [0.15, 0.2) is 0 Å². The third-order valence-corrected chi connectivity index (χ3v) is 4.94. The quantitative estimate of drug-likeness (QED) is 0.628. The summed E-state index contributed by atoms with van der Waals surface area (Å²) in [5.41, 5.74) is 0.769. The molecule has 1 aromatic carbocycles. The van der Waals surface area contributed by atoms with Crippen LogP contribution >= 0.6 is 0 Å². The Morgan fingerprint density at radius 2 is 1.96 bits per heavy atom. The SMILES string of the molecule is CCC1(c2ccc(NC(=O)C=Cc3ccc(C)o3)cc2)CCC(=O)NC1=O. The maximum atomic E-state index is 12.4. The van der Waals surface area contributed by atoms with Gasteiger partial charge in [0.2, 0.25) is 17.7 Å². The van der Waals surface area contributed by atoms with Crippen molar-refractivity contribution in [3.8, 4) is 0 Å². The Hall–Kier alpha value is -3.15. The zero-order chi connectivity index (χ0) is 19.4. The Bertz CT molecular complexity index is 895. The lowest BCUT2D eigenvalue weighted by Gasteiger charge is -2.35.